The smallest absolute Gasteiger partial charge is 0.0806 e. The third kappa shape index (κ3) is 2.95. The fourth-order valence-corrected chi connectivity index (χ4v) is 3.31. The van der Waals surface area contributed by atoms with Gasteiger partial charge in [-0.05, 0) is 26.7 Å². The third-order valence-electron chi connectivity index (χ3n) is 3.52. The van der Waals surface area contributed by atoms with Gasteiger partial charge in [0, 0.05) is 24.5 Å². The first-order valence-electron chi connectivity index (χ1n) is 6.08. The van der Waals surface area contributed by atoms with Crippen molar-refractivity contribution in [2.24, 2.45) is 0 Å². The predicted octanol–water partition coefficient (Wildman–Crippen LogP) is 2.80. The summed E-state index contributed by atoms with van der Waals surface area (Å²) in [6.45, 7) is 6.63. The Kier molecular flexibility index (Phi) is 3.74. The molecule has 1 saturated heterocycles. The molecule has 1 heterocycles. The maximum absolute atomic E-state index is 6.02. The molecule has 1 atom stereocenters. The van der Waals surface area contributed by atoms with Crippen LogP contribution >= 0.6 is 15.9 Å². The molecule has 88 valence electrons. The van der Waals surface area contributed by atoms with Crippen molar-refractivity contribution in [3.63, 3.8) is 0 Å². The zero-order valence-electron chi connectivity index (χ0n) is 9.84. The van der Waals surface area contributed by atoms with E-state index in [0.29, 0.717) is 6.10 Å². The minimum absolute atomic E-state index is 0.0271. The Morgan fingerprint density at radius 1 is 1.33 bits per heavy atom. The second kappa shape index (κ2) is 4.72. The van der Waals surface area contributed by atoms with Gasteiger partial charge < -0.3 is 4.74 Å². The molecule has 0 bridgehead atoms. The van der Waals surface area contributed by atoms with Gasteiger partial charge in [-0.2, -0.15) is 0 Å². The van der Waals surface area contributed by atoms with Crippen LogP contribution in [-0.2, 0) is 4.74 Å². The van der Waals surface area contributed by atoms with Gasteiger partial charge in [-0.1, -0.05) is 28.8 Å². The van der Waals surface area contributed by atoms with Crippen molar-refractivity contribution in [2.45, 2.75) is 57.3 Å². The van der Waals surface area contributed by atoms with E-state index in [1.807, 2.05) is 0 Å². The summed E-state index contributed by atoms with van der Waals surface area (Å²) in [5, 5.41) is 0.958. The number of ether oxygens (including phenoxy) is 1. The Morgan fingerprint density at radius 3 is 2.60 bits per heavy atom. The molecule has 0 aromatic rings. The highest BCUT2D eigenvalue weighted by molar-refractivity contribution is 9.09. The van der Waals surface area contributed by atoms with Crippen molar-refractivity contribution in [1.29, 1.82) is 0 Å². The first-order chi connectivity index (χ1) is 7.11. The molecule has 3 heteroatoms. The quantitative estimate of drug-likeness (QED) is 0.719. The first kappa shape index (κ1) is 11.9. The summed E-state index contributed by atoms with van der Waals surface area (Å²) in [5.74, 6) is 0. The zero-order valence-corrected chi connectivity index (χ0v) is 11.4. The molecule has 2 nitrogen and oxygen atoms in total. The van der Waals surface area contributed by atoms with Crippen LogP contribution in [0.3, 0.4) is 0 Å². The molecule has 0 amide bonds. The lowest BCUT2D eigenvalue weighted by atomic mass is 10.0. The van der Waals surface area contributed by atoms with E-state index in [1.54, 1.807) is 0 Å². The van der Waals surface area contributed by atoms with Gasteiger partial charge in [-0.3, -0.25) is 4.90 Å². The molecular weight excluding hydrogens is 254 g/mol. The van der Waals surface area contributed by atoms with Crippen molar-refractivity contribution in [3.05, 3.63) is 0 Å². The standard InChI is InChI=1S/C12H22BrNO/c1-12(2)9-14(8-11(7-13)15-12)10-5-3-4-6-10/h10-11H,3-9H2,1-2H3. The van der Waals surface area contributed by atoms with Crippen LogP contribution in [0.4, 0.5) is 0 Å². The maximum Gasteiger partial charge on any atom is 0.0806 e. The summed E-state index contributed by atoms with van der Waals surface area (Å²) in [7, 11) is 0. The fourth-order valence-electron chi connectivity index (χ4n) is 2.97. The lowest BCUT2D eigenvalue weighted by molar-refractivity contribution is -0.135. The highest BCUT2D eigenvalue weighted by atomic mass is 79.9. The van der Waals surface area contributed by atoms with Crippen LogP contribution in [0.15, 0.2) is 0 Å². The fraction of sp³-hybridized carbons (Fsp3) is 1.00. The van der Waals surface area contributed by atoms with Gasteiger partial charge in [0.1, 0.15) is 0 Å². The van der Waals surface area contributed by atoms with Crippen LogP contribution in [0, 0.1) is 0 Å². The van der Waals surface area contributed by atoms with Crippen LogP contribution in [0.5, 0.6) is 0 Å². The Balaban J connectivity index is 1.98. The summed E-state index contributed by atoms with van der Waals surface area (Å²) < 4.78 is 6.02. The van der Waals surface area contributed by atoms with Gasteiger partial charge in [0.25, 0.3) is 0 Å². The molecule has 1 unspecified atom stereocenters. The summed E-state index contributed by atoms with van der Waals surface area (Å²) in [5.41, 5.74) is 0.0271. The molecule has 0 aromatic carbocycles. The van der Waals surface area contributed by atoms with Crippen molar-refractivity contribution < 1.29 is 4.74 Å². The number of nitrogens with zero attached hydrogens (tertiary/aromatic N) is 1. The van der Waals surface area contributed by atoms with Crippen molar-refractivity contribution in [2.75, 3.05) is 18.4 Å². The van der Waals surface area contributed by atoms with E-state index in [-0.39, 0.29) is 5.60 Å². The molecule has 2 fully saturated rings. The molecule has 2 rings (SSSR count). The van der Waals surface area contributed by atoms with E-state index < -0.39 is 0 Å². The molecule has 2 aliphatic rings. The van der Waals surface area contributed by atoms with E-state index in [0.717, 1.165) is 24.5 Å². The number of alkyl halides is 1. The van der Waals surface area contributed by atoms with Crippen LogP contribution in [0.25, 0.3) is 0 Å². The van der Waals surface area contributed by atoms with E-state index in [1.165, 1.54) is 25.7 Å². The van der Waals surface area contributed by atoms with Crippen LogP contribution < -0.4 is 0 Å². The van der Waals surface area contributed by atoms with Gasteiger partial charge >= 0.3 is 0 Å². The monoisotopic (exact) mass is 275 g/mol. The minimum Gasteiger partial charge on any atom is -0.369 e. The molecule has 0 N–H and O–H groups in total. The minimum atomic E-state index is 0.0271. The molecule has 0 aromatic heterocycles. The van der Waals surface area contributed by atoms with Crippen molar-refractivity contribution in [1.82, 2.24) is 4.90 Å². The summed E-state index contributed by atoms with van der Waals surface area (Å²) in [6, 6.07) is 0.828. The topological polar surface area (TPSA) is 12.5 Å². The highest BCUT2D eigenvalue weighted by Gasteiger charge is 2.36. The average molecular weight is 276 g/mol. The molecule has 1 aliphatic heterocycles. The second-order valence-electron chi connectivity index (χ2n) is 5.52. The van der Waals surface area contributed by atoms with Crippen molar-refractivity contribution in [3.8, 4) is 0 Å². The van der Waals surface area contributed by atoms with Gasteiger partial charge in [0.2, 0.25) is 0 Å². The van der Waals surface area contributed by atoms with Crippen LogP contribution in [0.1, 0.15) is 39.5 Å². The maximum atomic E-state index is 6.02. The summed E-state index contributed by atoms with van der Waals surface area (Å²) in [4.78, 5) is 2.66. The van der Waals surface area contributed by atoms with Gasteiger partial charge in [-0.15, -0.1) is 0 Å². The number of hydrogen-bond donors (Lipinski definition) is 0. The SMILES string of the molecule is CC1(C)CN(C2CCCC2)CC(CBr)O1. The normalized spacial score (nSPS) is 33.4. The van der Waals surface area contributed by atoms with E-state index in [9.17, 15) is 0 Å². The van der Waals surface area contributed by atoms with E-state index >= 15 is 0 Å². The molecule has 0 spiro atoms. The van der Waals surface area contributed by atoms with Gasteiger partial charge in [-0.25, -0.2) is 0 Å². The number of hydrogen-bond acceptors (Lipinski definition) is 2. The Hall–Kier alpha value is 0.400. The zero-order chi connectivity index (χ0) is 10.9. The Labute approximate surface area is 101 Å². The van der Waals surface area contributed by atoms with Crippen LogP contribution in [-0.4, -0.2) is 41.1 Å². The summed E-state index contributed by atoms with van der Waals surface area (Å²) >= 11 is 3.55. The summed E-state index contributed by atoms with van der Waals surface area (Å²) in [6.07, 6.45) is 5.99. The Bertz CT molecular complexity index is 214. The third-order valence-corrected chi connectivity index (χ3v) is 4.24. The van der Waals surface area contributed by atoms with Crippen molar-refractivity contribution >= 4 is 15.9 Å². The second-order valence-corrected chi connectivity index (χ2v) is 6.17. The molecule has 0 radical (unpaired) electrons. The first-order valence-corrected chi connectivity index (χ1v) is 7.21. The van der Waals surface area contributed by atoms with Crippen LogP contribution in [0.2, 0.25) is 0 Å². The molecular formula is C12H22BrNO. The number of rotatable bonds is 2. The van der Waals surface area contributed by atoms with E-state index in [4.69, 9.17) is 4.74 Å². The Morgan fingerprint density at radius 2 is 2.00 bits per heavy atom. The average Bonchev–Trinajstić information content (AvgIpc) is 2.68. The molecule has 15 heavy (non-hydrogen) atoms. The lowest BCUT2D eigenvalue weighted by Gasteiger charge is -2.45. The molecule has 1 aliphatic carbocycles. The van der Waals surface area contributed by atoms with Gasteiger partial charge in [0.05, 0.1) is 11.7 Å². The highest BCUT2D eigenvalue weighted by Crippen LogP contribution is 2.29. The largest absolute Gasteiger partial charge is 0.369 e. The number of halogens is 1. The van der Waals surface area contributed by atoms with E-state index in [2.05, 4.69) is 34.7 Å². The lowest BCUT2D eigenvalue weighted by Crippen LogP contribution is -2.55. The predicted molar refractivity (Wildman–Crippen MR) is 66.6 cm³/mol. The van der Waals surface area contributed by atoms with Gasteiger partial charge in [0.15, 0.2) is 0 Å². The number of morpholine rings is 1. The molecule has 1 saturated carbocycles.